The zero-order valence-corrected chi connectivity index (χ0v) is 11.9. The quantitative estimate of drug-likeness (QED) is 0.523. The summed E-state index contributed by atoms with van der Waals surface area (Å²) < 4.78 is 0. The molecule has 0 bridgehead atoms. The fourth-order valence-electron chi connectivity index (χ4n) is 2.31. The first kappa shape index (κ1) is 14.1. The van der Waals surface area contributed by atoms with Crippen molar-refractivity contribution in [1.82, 2.24) is 0 Å². The predicted octanol–water partition coefficient (Wildman–Crippen LogP) is 3.81. The molecule has 104 valence electrons. The molecule has 4 heteroatoms. The minimum Gasteiger partial charge on any atom is -0.393 e. The number of nitrogen functional groups attached to an aromatic ring is 1. The Bertz CT molecular complexity index is 649. The molecule has 20 heavy (non-hydrogen) atoms. The molecule has 0 saturated heterocycles. The molecule has 2 N–H and O–H groups in total. The molecule has 0 atom stereocenters. The summed E-state index contributed by atoms with van der Waals surface area (Å²) in [7, 11) is 0. The van der Waals surface area contributed by atoms with Crippen LogP contribution >= 0.6 is 0 Å². The molecular weight excluding hydrogens is 252 g/mol. The number of benzene rings is 2. The number of anilines is 1. The molecule has 2 aromatic rings. The van der Waals surface area contributed by atoms with Crippen molar-refractivity contribution in [3.8, 4) is 0 Å². The fourth-order valence-corrected chi connectivity index (χ4v) is 2.31. The minimum absolute atomic E-state index is 0.0241. The van der Waals surface area contributed by atoms with E-state index in [1.807, 2.05) is 36.4 Å². The average molecular weight is 270 g/mol. The second kappa shape index (κ2) is 4.96. The van der Waals surface area contributed by atoms with Gasteiger partial charge in [0.25, 0.3) is 5.69 Å². The van der Waals surface area contributed by atoms with Crippen molar-refractivity contribution in [2.75, 3.05) is 5.73 Å². The summed E-state index contributed by atoms with van der Waals surface area (Å²) >= 11 is 0. The number of nitro groups is 1. The van der Waals surface area contributed by atoms with Gasteiger partial charge in [-0.3, -0.25) is 10.1 Å². The maximum absolute atomic E-state index is 11.1. The van der Waals surface area contributed by atoms with Gasteiger partial charge in [-0.2, -0.15) is 0 Å². The van der Waals surface area contributed by atoms with Crippen molar-refractivity contribution in [3.63, 3.8) is 0 Å². The monoisotopic (exact) mass is 270 g/mol. The summed E-state index contributed by atoms with van der Waals surface area (Å²) in [5, 5.41) is 11.1. The second-order valence-corrected chi connectivity index (χ2v) is 5.47. The van der Waals surface area contributed by atoms with Crippen LogP contribution in [0.1, 0.15) is 30.5 Å². The first-order chi connectivity index (χ1) is 9.34. The van der Waals surface area contributed by atoms with Crippen molar-refractivity contribution in [3.05, 3.63) is 69.3 Å². The van der Waals surface area contributed by atoms with E-state index in [0.717, 1.165) is 16.7 Å². The number of rotatable bonds is 3. The van der Waals surface area contributed by atoms with Crippen LogP contribution in [-0.4, -0.2) is 4.92 Å². The molecule has 0 radical (unpaired) electrons. The van der Waals surface area contributed by atoms with Gasteiger partial charge in [-0.1, -0.05) is 50.2 Å². The molecule has 0 unspecified atom stereocenters. The van der Waals surface area contributed by atoms with E-state index >= 15 is 0 Å². The Morgan fingerprint density at radius 1 is 1.10 bits per heavy atom. The highest BCUT2D eigenvalue weighted by Gasteiger charge is 2.26. The fraction of sp³-hybridized carbons (Fsp3) is 0.250. The van der Waals surface area contributed by atoms with E-state index in [0.29, 0.717) is 0 Å². The number of nitrogens with zero attached hydrogens (tertiary/aromatic N) is 1. The van der Waals surface area contributed by atoms with Crippen molar-refractivity contribution in [2.45, 2.75) is 26.2 Å². The molecule has 2 rings (SSSR count). The number of nitro benzene ring substituents is 1. The lowest BCUT2D eigenvalue weighted by Gasteiger charge is -2.26. The zero-order chi connectivity index (χ0) is 14.9. The van der Waals surface area contributed by atoms with Gasteiger partial charge < -0.3 is 5.73 Å². The first-order valence-corrected chi connectivity index (χ1v) is 6.44. The Hall–Kier alpha value is -2.36. The maximum Gasteiger partial charge on any atom is 0.292 e. The van der Waals surface area contributed by atoms with Gasteiger partial charge in [0.05, 0.1) is 4.92 Å². The van der Waals surface area contributed by atoms with Gasteiger partial charge in [0.1, 0.15) is 5.69 Å². The van der Waals surface area contributed by atoms with Crippen molar-refractivity contribution in [2.24, 2.45) is 0 Å². The van der Waals surface area contributed by atoms with E-state index in [1.54, 1.807) is 13.0 Å². The molecule has 0 aliphatic rings. The highest BCUT2D eigenvalue weighted by molar-refractivity contribution is 5.65. The normalized spacial score (nSPS) is 11.3. The SMILES string of the molecule is Cc1cc(C(C)(C)c2ccccc2)cc([N+](=O)[O-])c1N. The molecule has 0 amide bonds. The highest BCUT2D eigenvalue weighted by atomic mass is 16.6. The van der Waals surface area contributed by atoms with Crippen LogP contribution in [-0.2, 0) is 5.41 Å². The predicted molar refractivity (Wildman–Crippen MR) is 80.8 cm³/mol. The van der Waals surface area contributed by atoms with Crippen LogP contribution < -0.4 is 5.73 Å². The lowest BCUT2D eigenvalue weighted by Crippen LogP contribution is -2.19. The Morgan fingerprint density at radius 3 is 2.25 bits per heavy atom. The van der Waals surface area contributed by atoms with Gasteiger partial charge in [0.15, 0.2) is 0 Å². The van der Waals surface area contributed by atoms with E-state index in [1.165, 1.54) is 0 Å². The molecule has 0 fully saturated rings. The third-order valence-electron chi connectivity index (χ3n) is 3.78. The molecule has 0 heterocycles. The summed E-state index contributed by atoms with van der Waals surface area (Å²) in [6.45, 7) is 5.90. The summed E-state index contributed by atoms with van der Waals surface area (Å²) in [5.74, 6) is 0. The summed E-state index contributed by atoms with van der Waals surface area (Å²) in [4.78, 5) is 10.7. The van der Waals surface area contributed by atoms with Gasteiger partial charge >= 0.3 is 0 Å². The number of hydrogen-bond donors (Lipinski definition) is 1. The number of hydrogen-bond acceptors (Lipinski definition) is 3. The van der Waals surface area contributed by atoms with Crippen LogP contribution in [0.25, 0.3) is 0 Å². The molecule has 4 nitrogen and oxygen atoms in total. The van der Waals surface area contributed by atoms with Crippen LogP contribution in [0.4, 0.5) is 11.4 Å². The highest BCUT2D eigenvalue weighted by Crippen LogP contribution is 2.36. The maximum atomic E-state index is 11.1. The zero-order valence-electron chi connectivity index (χ0n) is 11.9. The van der Waals surface area contributed by atoms with E-state index < -0.39 is 4.92 Å². The lowest BCUT2D eigenvalue weighted by molar-refractivity contribution is -0.384. The second-order valence-electron chi connectivity index (χ2n) is 5.47. The average Bonchev–Trinajstić information content (AvgIpc) is 2.42. The topological polar surface area (TPSA) is 69.2 Å². The van der Waals surface area contributed by atoms with Crippen LogP contribution in [0, 0.1) is 17.0 Å². The van der Waals surface area contributed by atoms with Crippen molar-refractivity contribution >= 4 is 11.4 Å². The third-order valence-corrected chi connectivity index (χ3v) is 3.78. The first-order valence-electron chi connectivity index (χ1n) is 6.44. The molecule has 0 aromatic heterocycles. The van der Waals surface area contributed by atoms with Crippen LogP contribution in [0.2, 0.25) is 0 Å². The number of aryl methyl sites for hydroxylation is 1. The molecular formula is C16H18N2O2. The Balaban J connectivity index is 2.61. The van der Waals surface area contributed by atoms with Gasteiger partial charge in [-0.05, 0) is 23.6 Å². The van der Waals surface area contributed by atoms with E-state index in [2.05, 4.69) is 13.8 Å². The minimum atomic E-state index is -0.424. The third kappa shape index (κ3) is 2.37. The smallest absolute Gasteiger partial charge is 0.292 e. The standard InChI is InChI=1S/C16H18N2O2/c1-11-9-13(10-14(15(11)17)18(19)20)16(2,3)12-7-5-4-6-8-12/h4-10H,17H2,1-3H3. The number of nitrogens with two attached hydrogens (primary N) is 1. The Morgan fingerprint density at radius 2 is 1.70 bits per heavy atom. The van der Waals surface area contributed by atoms with Crippen molar-refractivity contribution in [1.29, 1.82) is 0 Å². The summed E-state index contributed by atoms with van der Waals surface area (Å²) in [5.41, 5.74) is 8.43. The largest absolute Gasteiger partial charge is 0.393 e. The Kier molecular flexibility index (Phi) is 3.49. The van der Waals surface area contributed by atoms with E-state index in [4.69, 9.17) is 5.73 Å². The van der Waals surface area contributed by atoms with Gasteiger partial charge in [-0.15, -0.1) is 0 Å². The lowest BCUT2D eigenvalue weighted by atomic mass is 9.77. The van der Waals surface area contributed by atoms with E-state index in [9.17, 15) is 10.1 Å². The molecule has 0 spiro atoms. The van der Waals surface area contributed by atoms with Crippen LogP contribution in [0.3, 0.4) is 0 Å². The molecule has 0 aliphatic heterocycles. The molecule has 0 saturated carbocycles. The molecule has 0 aliphatic carbocycles. The van der Waals surface area contributed by atoms with Gasteiger partial charge in [-0.25, -0.2) is 0 Å². The van der Waals surface area contributed by atoms with Gasteiger partial charge in [0, 0.05) is 11.5 Å². The van der Waals surface area contributed by atoms with E-state index in [-0.39, 0.29) is 16.8 Å². The van der Waals surface area contributed by atoms with Crippen molar-refractivity contribution < 1.29 is 4.92 Å². The van der Waals surface area contributed by atoms with Crippen LogP contribution in [0.5, 0.6) is 0 Å². The summed E-state index contributed by atoms with van der Waals surface area (Å²) in [6.07, 6.45) is 0. The Labute approximate surface area is 118 Å². The van der Waals surface area contributed by atoms with Crippen LogP contribution in [0.15, 0.2) is 42.5 Å². The molecule has 2 aromatic carbocycles. The van der Waals surface area contributed by atoms with Gasteiger partial charge in [0.2, 0.25) is 0 Å². The summed E-state index contributed by atoms with van der Waals surface area (Å²) in [6, 6.07) is 13.4.